The Morgan fingerprint density at radius 1 is 1.30 bits per heavy atom. The van der Waals surface area contributed by atoms with Crippen LogP contribution in [0, 0.1) is 6.92 Å². The van der Waals surface area contributed by atoms with Crippen LogP contribution in [-0.4, -0.2) is 22.0 Å². The predicted octanol–water partition coefficient (Wildman–Crippen LogP) is 2.29. The molecule has 144 valence electrons. The number of carbonyl (C=O) groups excluding carboxylic acids is 1. The fourth-order valence-electron chi connectivity index (χ4n) is 2.83. The highest BCUT2D eigenvalue weighted by atomic mass is 16.2. The van der Waals surface area contributed by atoms with Gasteiger partial charge in [-0.2, -0.15) is 0 Å². The van der Waals surface area contributed by atoms with Gasteiger partial charge < -0.3 is 10.6 Å². The third-order valence-electron chi connectivity index (χ3n) is 4.26. The van der Waals surface area contributed by atoms with Crippen LogP contribution in [0.15, 0.2) is 39.9 Å². The molecule has 0 aliphatic carbocycles. The van der Waals surface area contributed by atoms with Gasteiger partial charge in [-0.3, -0.25) is 19.1 Å². The topological polar surface area (TPSA) is 101 Å². The van der Waals surface area contributed by atoms with Gasteiger partial charge in [0.2, 0.25) is 0 Å². The van der Waals surface area contributed by atoms with E-state index in [1.165, 1.54) is 15.5 Å². The summed E-state index contributed by atoms with van der Waals surface area (Å²) < 4.78 is 1.31. The molecule has 0 atom stereocenters. The Kier molecular flexibility index (Phi) is 6.76. The molecule has 3 N–H and O–H groups in total. The first-order chi connectivity index (χ1) is 12.9. The van der Waals surface area contributed by atoms with Crippen LogP contribution in [0.3, 0.4) is 0 Å². The van der Waals surface area contributed by atoms with Crippen molar-refractivity contribution in [1.29, 1.82) is 0 Å². The normalized spacial score (nSPS) is 11.1. The minimum atomic E-state index is -0.663. The van der Waals surface area contributed by atoms with Crippen molar-refractivity contribution in [1.82, 2.24) is 9.55 Å². The van der Waals surface area contributed by atoms with E-state index < -0.39 is 11.2 Å². The van der Waals surface area contributed by atoms with E-state index in [0.717, 1.165) is 24.0 Å². The number of nitrogens with zero attached hydrogens (tertiary/aromatic N) is 2. The Morgan fingerprint density at radius 2 is 2.04 bits per heavy atom. The number of aromatic nitrogens is 2. The molecule has 0 aliphatic heterocycles. The first-order valence-corrected chi connectivity index (χ1v) is 9.07. The number of benzene rings is 1. The van der Waals surface area contributed by atoms with Crippen LogP contribution in [0.25, 0.3) is 6.08 Å². The van der Waals surface area contributed by atoms with Crippen LogP contribution in [0.5, 0.6) is 0 Å². The summed E-state index contributed by atoms with van der Waals surface area (Å²) in [6.45, 7) is 6.34. The largest absolute Gasteiger partial charge is 0.383 e. The first-order valence-electron chi connectivity index (χ1n) is 9.07. The number of hydrogen-bond donors (Lipinski definition) is 2. The van der Waals surface area contributed by atoms with Crippen LogP contribution in [-0.2, 0) is 11.3 Å². The SMILES string of the molecule is CCCCn1c(N)c(N(CC)C(=O)/C=C/c2cccc(C)c2)c(=O)[nH]c1=O. The van der Waals surface area contributed by atoms with Crippen molar-refractivity contribution in [2.45, 2.75) is 40.2 Å². The summed E-state index contributed by atoms with van der Waals surface area (Å²) >= 11 is 0. The van der Waals surface area contributed by atoms with E-state index in [2.05, 4.69) is 4.98 Å². The number of aryl methyl sites for hydroxylation is 1. The highest BCUT2D eigenvalue weighted by molar-refractivity contribution is 6.05. The molecule has 0 saturated carbocycles. The van der Waals surface area contributed by atoms with Gasteiger partial charge >= 0.3 is 5.69 Å². The molecule has 2 rings (SSSR count). The van der Waals surface area contributed by atoms with Gasteiger partial charge in [0.05, 0.1) is 0 Å². The van der Waals surface area contributed by atoms with Gasteiger partial charge in [0.1, 0.15) is 5.82 Å². The van der Waals surface area contributed by atoms with E-state index in [0.29, 0.717) is 6.54 Å². The van der Waals surface area contributed by atoms with E-state index >= 15 is 0 Å². The van der Waals surface area contributed by atoms with E-state index in [1.54, 1.807) is 13.0 Å². The fourth-order valence-corrected chi connectivity index (χ4v) is 2.83. The number of hydrogen-bond acceptors (Lipinski definition) is 4. The fraction of sp³-hybridized carbons (Fsp3) is 0.350. The van der Waals surface area contributed by atoms with Gasteiger partial charge in [0.25, 0.3) is 11.5 Å². The molecule has 7 nitrogen and oxygen atoms in total. The maximum atomic E-state index is 12.7. The highest BCUT2D eigenvalue weighted by Crippen LogP contribution is 2.18. The van der Waals surface area contributed by atoms with Crippen molar-refractivity contribution in [3.05, 3.63) is 62.3 Å². The smallest absolute Gasteiger partial charge is 0.330 e. The monoisotopic (exact) mass is 370 g/mol. The number of rotatable bonds is 7. The van der Waals surface area contributed by atoms with Gasteiger partial charge in [-0.25, -0.2) is 4.79 Å². The molecule has 0 fully saturated rings. The molecule has 0 aliphatic rings. The van der Waals surface area contributed by atoms with Crippen molar-refractivity contribution in [3.8, 4) is 0 Å². The summed E-state index contributed by atoms with van der Waals surface area (Å²) in [6, 6.07) is 7.71. The lowest BCUT2D eigenvalue weighted by atomic mass is 10.1. The zero-order valence-corrected chi connectivity index (χ0v) is 16.0. The van der Waals surface area contributed by atoms with Crippen molar-refractivity contribution in [3.63, 3.8) is 0 Å². The summed E-state index contributed by atoms with van der Waals surface area (Å²) in [4.78, 5) is 40.6. The lowest BCUT2D eigenvalue weighted by Crippen LogP contribution is -2.40. The third kappa shape index (κ3) is 4.75. The lowest BCUT2D eigenvalue weighted by Gasteiger charge is -2.21. The van der Waals surface area contributed by atoms with Gasteiger partial charge in [0.15, 0.2) is 5.69 Å². The average Bonchev–Trinajstić information content (AvgIpc) is 2.63. The zero-order valence-electron chi connectivity index (χ0n) is 16.0. The standard InChI is InChI=1S/C20H26N4O3/c1-4-6-12-24-18(21)17(19(26)22-20(24)27)23(5-2)16(25)11-10-15-9-7-8-14(3)13-15/h7-11,13H,4-6,12,21H2,1-3H3,(H,22,26,27)/b11-10+. The van der Waals surface area contributed by atoms with E-state index in [4.69, 9.17) is 5.73 Å². The second-order valence-corrected chi connectivity index (χ2v) is 6.33. The molecule has 1 heterocycles. The molecule has 0 radical (unpaired) electrons. The van der Waals surface area contributed by atoms with Gasteiger partial charge in [-0.05, 0) is 31.9 Å². The van der Waals surface area contributed by atoms with Gasteiger partial charge in [-0.1, -0.05) is 43.2 Å². The Bertz CT molecular complexity index is 956. The Labute approximate surface area is 158 Å². The summed E-state index contributed by atoms with van der Waals surface area (Å²) in [5.74, 6) is -0.367. The minimum absolute atomic E-state index is 0.00657. The summed E-state index contributed by atoms with van der Waals surface area (Å²) in [5.41, 5.74) is 6.84. The molecule has 7 heteroatoms. The van der Waals surface area contributed by atoms with Crippen molar-refractivity contribution < 1.29 is 4.79 Å². The summed E-state index contributed by atoms with van der Waals surface area (Å²) in [7, 11) is 0. The highest BCUT2D eigenvalue weighted by Gasteiger charge is 2.21. The molecule has 1 aromatic heterocycles. The Balaban J connectivity index is 2.40. The molecule has 0 saturated heterocycles. The van der Waals surface area contributed by atoms with Gasteiger partial charge in [0, 0.05) is 19.2 Å². The van der Waals surface area contributed by atoms with Crippen LogP contribution in [0.2, 0.25) is 0 Å². The number of amides is 1. The van der Waals surface area contributed by atoms with Crippen molar-refractivity contribution in [2.24, 2.45) is 0 Å². The average molecular weight is 370 g/mol. The second kappa shape index (κ2) is 9.02. The Morgan fingerprint density at radius 3 is 2.67 bits per heavy atom. The van der Waals surface area contributed by atoms with Crippen molar-refractivity contribution in [2.75, 3.05) is 17.2 Å². The zero-order chi connectivity index (χ0) is 20.0. The van der Waals surface area contributed by atoms with E-state index in [9.17, 15) is 14.4 Å². The van der Waals surface area contributed by atoms with Crippen LogP contribution in [0.4, 0.5) is 11.5 Å². The maximum Gasteiger partial charge on any atom is 0.330 e. The number of nitrogens with one attached hydrogen (secondary N) is 1. The molecule has 0 spiro atoms. The minimum Gasteiger partial charge on any atom is -0.383 e. The molecule has 1 amide bonds. The van der Waals surface area contributed by atoms with E-state index in [-0.39, 0.29) is 24.0 Å². The van der Waals surface area contributed by atoms with Gasteiger partial charge in [-0.15, -0.1) is 0 Å². The number of carbonyl (C=O) groups is 1. The second-order valence-electron chi connectivity index (χ2n) is 6.33. The number of H-pyrrole nitrogens is 1. The molecular formula is C20H26N4O3. The molecular weight excluding hydrogens is 344 g/mol. The van der Waals surface area contributed by atoms with Crippen LogP contribution < -0.4 is 21.9 Å². The molecule has 27 heavy (non-hydrogen) atoms. The van der Waals surface area contributed by atoms with Crippen molar-refractivity contribution >= 4 is 23.5 Å². The summed E-state index contributed by atoms with van der Waals surface area (Å²) in [5, 5.41) is 0. The van der Waals surface area contributed by atoms with Crippen LogP contribution >= 0.6 is 0 Å². The number of unbranched alkanes of at least 4 members (excludes halogenated alkanes) is 1. The Hall–Kier alpha value is -3.09. The summed E-state index contributed by atoms with van der Waals surface area (Å²) in [6.07, 6.45) is 4.70. The quantitative estimate of drug-likeness (QED) is 0.730. The third-order valence-corrected chi connectivity index (χ3v) is 4.26. The number of aromatic amines is 1. The molecule has 0 unspecified atom stereocenters. The van der Waals surface area contributed by atoms with Crippen LogP contribution in [0.1, 0.15) is 37.8 Å². The number of likely N-dealkylation sites (N-methyl/N-ethyl adjacent to an activating group) is 1. The van der Waals surface area contributed by atoms with E-state index in [1.807, 2.05) is 38.1 Å². The lowest BCUT2D eigenvalue weighted by molar-refractivity contribution is -0.114. The maximum absolute atomic E-state index is 12.7. The first kappa shape index (κ1) is 20.2. The molecule has 0 bridgehead atoms. The number of anilines is 2. The number of nitrogen functional groups attached to an aromatic ring is 1. The molecule has 2 aromatic rings. The predicted molar refractivity (Wildman–Crippen MR) is 109 cm³/mol. The molecule has 1 aromatic carbocycles. The number of nitrogens with two attached hydrogens (primary N) is 1.